The van der Waals surface area contributed by atoms with E-state index in [2.05, 4.69) is 0 Å². The highest BCUT2D eigenvalue weighted by Gasteiger charge is 2.34. The molecule has 5 nitrogen and oxygen atoms in total. The SMILES string of the molecule is COCCN1C(=O)S/C(=C/c2cc(C)n(-c3cccc(Cl)c3Cl)c2C)C1=O. The van der Waals surface area contributed by atoms with E-state index in [0.717, 1.165) is 34.4 Å². The van der Waals surface area contributed by atoms with Gasteiger partial charge in [0, 0.05) is 18.5 Å². The van der Waals surface area contributed by atoms with Crippen LogP contribution in [0.25, 0.3) is 11.8 Å². The molecule has 3 rings (SSSR count). The van der Waals surface area contributed by atoms with Gasteiger partial charge in [-0.3, -0.25) is 14.5 Å². The third-order valence-electron chi connectivity index (χ3n) is 4.32. The molecule has 1 fully saturated rings. The number of hydrogen-bond donors (Lipinski definition) is 0. The lowest BCUT2D eigenvalue weighted by Crippen LogP contribution is -2.31. The topological polar surface area (TPSA) is 51.5 Å². The zero-order valence-electron chi connectivity index (χ0n) is 15.1. The Morgan fingerprint density at radius 2 is 1.96 bits per heavy atom. The Labute approximate surface area is 171 Å². The van der Waals surface area contributed by atoms with Crippen LogP contribution in [-0.2, 0) is 9.53 Å². The molecule has 1 saturated heterocycles. The van der Waals surface area contributed by atoms with Crippen molar-refractivity contribution < 1.29 is 14.3 Å². The molecular weight excluding hydrogens is 407 g/mol. The monoisotopic (exact) mass is 424 g/mol. The summed E-state index contributed by atoms with van der Waals surface area (Å²) < 4.78 is 6.94. The first-order chi connectivity index (χ1) is 12.8. The van der Waals surface area contributed by atoms with Crippen molar-refractivity contribution in [3.05, 3.63) is 56.2 Å². The molecule has 1 aromatic heterocycles. The fourth-order valence-corrected chi connectivity index (χ4v) is 4.22. The Kier molecular flexibility index (Phi) is 6.01. The molecule has 27 heavy (non-hydrogen) atoms. The number of carbonyl (C=O) groups is 2. The van der Waals surface area contributed by atoms with Gasteiger partial charge in [0.25, 0.3) is 11.1 Å². The lowest BCUT2D eigenvalue weighted by molar-refractivity contribution is -0.123. The second-order valence-corrected chi connectivity index (χ2v) is 7.84. The van der Waals surface area contributed by atoms with Gasteiger partial charge in [-0.05, 0) is 55.4 Å². The molecule has 0 aliphatic carbocycles. The van der Waals surface area contributed by atoms with E-state index in [1.807, 2.05) is 36.6 Å². The van der Waals surface area contributed by atoms with Crippen molar-refractivity contribution in [3.8, 4) is 5.69 Å². The fourth-order valence-electron chi connectivity index (χ4n) is 2.99. The van der Waals surface area contributed by atoms with Gasteiger partial charge in [-0.2, -0.15) is 0 Å². The fraction of sp³-hybridized carbons (Fsp3) is 0.263. The number of aryl methyl sites for hydroxylation is 1. The number of carbonyl (C=O) groups excluding carboxylic acids is 2. The minimum Gasteiger partial charge on any atom is -0.383 e. The summed E-state index contributed by atoms with van der Waals surface area (Å²) in [5.41, 5.74) is 3.47. The van der Waals surface area contributed by atoms with E-state index >= 15 is 0 Å². The van der Waals surface area contributed by atoms with Crippen LogP contribution in [0.3, 0.4) is 0 Å². The third kappa shape index (κ3) is 3.80. The van der Waals surface area contributed by atoms with Crippen LogP contribution in [-0.4, -0.2) is 40.9 Å². The minimum absolute atomic E-state index is 0.246. The summed E-state index contributed by atoms with van der Waals surface area (Å²) in [6.45, 7) is 4.44. The summed E-state index contributed by atoms with van der Waals surface area (Å²) in [7, 11) is 1.53. The first kappa shape index (κ1) is 20.0. The van der Waals surface area contributed by atoms with Crippen LogP contribution in [0.15, 0.2) is 29.2 Å². The molecule has 2 heterocycles. The molecule has 0 saturated carbocycles. The number of imide groups is 1. The van der Waals surface area contributed by atoms with Gasteiger partial charge in [0.1, 0.15) is 0 Å². The van der Waals surface area contributed by atoms with Crippen molar-refractivity contribution in [2.24, 2.45) is 0 Å². The minimum atomic E-state index is -0.298. The van der Waals surface area contributed by atoms with Crippen molar-refractivity contribution >= 4 is 52.2 Å². The predicted octanol–water partition coefficient (Wildman–Crippen LogP) is 5.08. The Morgan fingerprint density at radius 1 is 1.22 bits per heavy atom. The van der Waals surface area contributed by atoms with Gasteiger partial charge in [-0.15, -0.1) is 0 Å². The number of amides is 2. The van der Waals surface area contributed by atoms with Crippen LogP contribution in [0.1, 0.15) is 17.0 Å². The molecular formula is C19H18Cl2N2O3S. The lowest BCUT2D eigenvalue weighted by atomic mass is 10.2. The van der Waals surface area contributed by atoms with Gasteiger partial charge >= 0.3 is 0 Å². The van der Waals surface area contributed by atoms with Crippen LogP contribution >= 0.6 is 35.0 Å². The summed E-state index contributed by atoms with van der Waals surface area (Å²) in [6, 6.07) is 7.41. The quantitative estimate of drug-likeness (QED) is 0.627. The van der Waals surface area contributed by atoms with Gasteiger partial charge in [-0.25, -0.2) is 0 Å². The Morgan fingerprint density at radius 3 is 2.67 bits per heavy atom. The number of hydrogen-bond acceptors (Lipinski definition) is 4. The highest BCUT2D eigenvalue weighted by Crippen LogP contribution is 2.35. The smallest absolute Gasteiger partial charge is 0.293 e. The van der Waals surface area contributed by atoms with Crippen LogP contribution < -0.4 is 0 Å². The number of nitrogens with zero attached hydrogens (tertiary/aromatic N) is 2. The molecule has 8 heteroatoms. The summed E-state index contributed by atoms with van der Waals surface area (Å²) in [5, 5.41) is 0.657. The molecule has 142 valence electrons. The van der Waals surface area contributed by atoms with Crippen molar-refractivity contribution in [1.82, 2.24) is 9.47 Å². The zero-order chi connectivity index (χ0) is 19.7. The molecule has 0 atom stereocenters. The third-order valence-corrected chi connectivity index (χ3v) is 6.04. The van der Waals surface area contributed by atoms with E-state index in [1.54, 1.807) is 12.1 Å². The summed E-state index contributed by atoms with van der Waals surface area (Å²) >= 11 is 13.5. The molecule has 2 amide bonds. The van der Waals surface area contributed by atoms with Crippen molar-refractivity contribution in [2.45, 2.75) is 13.8 Å². The van der Waals surface area contributed by atoms with Gasteiger partial charge < -0.3 is 9.30 Å². The molecule has 1 aliphatic heterocycles. The second kappa shape index (κ2) is 8.10. The Balaban J connectivity index is 1.98. The van der Waals surface area contributed by atoms with Crippen LogP contribution in [0, 0.1) is 13.8 Å². The molecule has 0 unspecified atom stereocenters. The number of ether oxygens (including phenoxy) is 1. The average molecular weight is 425 g/mol. The maximum atomic E-state index is 12.5. The summed E-state index contributed by atoms with van der Waals surface area (Å²) in [5.74, 6) is -0.298. The largest absolute Gasteiger partial charge is 0.383 e. The average Bonchev–Trinajstić information content (AvgIpc) is 3.05. The van der Waals surface area contributed by atoms with E-state index in [0.29, 0.717) is 21.6 Å². The van der Waals surface area contributed by atoms with Crippen LogP contribution in [0.2, 0.25) is 10.0 Å². The van der Waals surface area contributed by atoms with Gasteiger partial charge in [0.05, 0.1) is 33.8 Å². The standard InChI is InChI=1S/C19H18Cl2N2O3S/c1-11-9-13(10-16-18(24)22(7-8-26-3)19(25)27-16)12(2)23(11)15-6-4-5-14(20)17(15)21/h4-6,9-10H,7-8H2,1-3H3/b16-10+. The number of thioether (sulfide) groups is 1. The second-order valence-electron chi connectivity index (χ2n) is 6.06. The van der Waals surface area contributed by atoms with Crippen LogP contribution in [0.4, 0.5) is 4.79 Å². The molecule has 1 aromatic carbocycles. The normalized spacial score (nSPS) is 16.0. The number of methoxy groups -OCH3 is 1. The van der Waals surface area contributed by atoms with Gasteiger partial charge in [0.15, 0.2) is 0 Å². The van der Waals surface area contributed by atoms with Crippen LogP contribution in [0.5, 0.6) is 0 Å². The number of benzene rings is 1. The first-order valence-corrected chi connectivity index (χ1v) is 9.80. The van der Waals surface area contributed by atoms with E-state index < -0.39 is 0 Å². The number of halogens is 2. The number of rotatable bonds is 5. The molecule has 0 bridgehead atoms. The Hall–Kier alpha value is -1.73. The molecule has 0 N–H and O–H groups in total. The van der Waals surface area contributed by atoms with Crippen molar-refractivity contribution in [1.29, 1.82) is 0 Å². The summed E-state index contributed by atoms with van der Waals surface area (Å²) in [6.07, 6.45) is 1.75. The summed E-state index contributed by atoms with van der Waals surface area (Å²) in [4.78, 5) is 26.2. The van der Waals surface area contributed by atoms with Crippen molar-refractivity contribution in [3.63, 3.8) is 0 Å². The lowest BCUT2D eigenvalue weighted by Gasteiger charge is -2.12. The van der Waals surface area contributed by atoms with Gasteiger partial charge in [-0.1, -0.05) is 29.3 Å². The predicted molar refractivity (Wildman–Crippen MR) is 110 cm³/mol. The van der Waals surface area contributed by atoms with E-state index in [1.165, 1.54) is 12.0 Å². The molecule has 0 spiro atoms. The van der Waals surface area contributed by atoms with E-state index in [-0.39, 0.29) is 17.7 Å². The maximum Gasteiger partial charge on any atom is 0.293 e. The van der Waals surface area contributed by atoms with E-state index in [9.17, 15) is 9.59 Å². The highest BCUT2D eigenvalue weighted by molar-refractivity contribution is 8.18. The highest BCUT2D eigenvalue weighted by atomic mass is 35.5. The van der Waals surface area contributed by atoms with Crippen molar-refractivity contribution in [2.75, 3.05) is 20.3 Å². The Bertz CT molecular complexity index is 953. The molecule has 0 radical (unpaired) electrons. The first-order valence-electron chi connectivity index (χ1n) is 8.22. The van der Waals surface area contributed by atoms with E-state index in [4.69, 9.17) is 27.9 Å². The maximum absolute atomic E-state index is 12.5. The zero-order valence-corrected chi connectivity index (χ0v) is 17.4. The number of aromatic nitrogens is 1. The molecule has 2 aromatic rings. The molecule has 1 aliphatic rings. The van der Waals surface area contributed by atoms with Gasteiger partial charge in [0.2, 0.25) is 0 Å².